The molecule has 0 bridgehead atoms. The molecule has 14 heavy (non-hydrogen) atoms. The van der Waals surface area contributed by atoms with Gasteiger partial charge in [-0.25, -0.2) is 0 Å². The molecule has 2 aromatic rings. The van der Waals surface area contributed by atoms with Gasteiger partial charge in [-0.15, -0.1) is 0 Å². The quantitative estimate of drug-likeness (QED) is 0.613. The fourth-order valence-corrected chi connectivity index (χ4v) is 3.88. The first-order chi connectivity index (χ1) is 6.72. The predicted molar refractivity (Wildman–Crippen MR) is 60.9 cm³/mol. The third-order valence-corrected chi connectivity index (χ3v) is 4.65. The molecule has 0 N–H and O–H groups in total. The van der Waals surface area contributed by atoms with Crippen molar-refractivity contribution >= 4 is 47.6 Å². The molecule has 0 aliphatic heterocycles. The third-order valence-electron chi connectivity index (χ3n) is 1.89. The zero-order valence-corrected chi connectivity index (χ0v) is 10.4. The van der Waals surface area contributed by atoms with Gasteiger partial charge >= 0.3 is 97.1 Å². The van der Waals surface area contributed by atoms with E-state index in [0.29, 0.717) is 17.4 Å². The van der Waals surface area contributed by atoms with Crippen LogP contribution in [0.5, 0.6) is 0 Å². The SMILES string of the molecule is O=c1c2cc(Cl)ccc2[se]n1CCCl. The first-order valence-corrected chi connectivity index (χ1v) is 6.61. The minimum absolute atomic E-state index is 0.0585. The normalized spacial score (nSPS) is 11.0. The molecule has 1 aromatic carbocycles. The van der Waals surface area contributed by atoms with Gasteiger partial charge in [0.15, 0.2) is 0 Å². The first-order valence-electron chi connectivity index (χ1n) is 4.07. The Morgan fingerprint density at radius 3 is 2.93 bits per heavy atom. The molecule has 5 heteroatoms. The second kappa shape index (κ2) is 4.11. The second-order valence-electron chi connectivity index (χ2n) is 2.83. The van der Waals surface area contributed by atoms with Gasteiger partial charge in [0.25, 0.3) is 0 Å². The molecular formula is C9H7Cl2NOSe. The van der Waals surface area contributed by atoms with Crippen LogP contribution in [-0.2, 0) is 6.54 Å². The maximum atomic E-state index is 11.8. The van der Waals surface area contributed by atoms with Crippen molar-refractivity contribution in [1.82, 2.24) is 3.56 Å². The van der Waals surface area contributed by atoms with Crippen LogP contribution in [-0.4, -0.2) is 24.2 Å². The van der Waals surface area contributed by atoms with E-state index in [1.54, 1.807) is 9.63 Å². The van der Waals surface area contributed by atoms with Crippen molar-refractivity contribution in [2.75, 3.05) is 5.88 Å². The van der Waals surface area contributed by atoms with Gasteiger partial charge in [0.2, 0.25) is 0 Å². The average Bonchev–Trinajstić information content (AvgIpc) is 2.46. The zero-order valence-electron chi connectivity index (χ0n) is 7.17. The van der Waals surface area contributed by atoms with E-state index in [4.69, 9.17) is 23.2 Å². The Labute approximate surface area is 97.0 Å². The molecule has 74 valence electrons. The van der Waals surface area contributed by atoms with Crippen LogP contribution in [0.3, 0.4) is 0 Å². The van der Waals surface area contributed by atoms with Gasteiger partial charge in [0.05, 0.1) is 0 Å². The molecular weight excluding hydrogens is 288 g/mol. The Hall–Kier alpha value is -0.211. The van der Waals surface area contributed by atoms with E-state index in [9.17, 15) is 4.79 Å². The number of hydrogen-bond donors (Lipinski definition) is 0. The molecule has 0 saturated carbocycles. The summed E-state index contributed by atoms with van der Waals surface area (Å²) in [5, 5.41) is 1.35. The Kier molecular flexibility index (Phi) is 3.03. The summed E-state index contributed by atoms with van der Waals surface area (Å²) in [5.41, 5.74) is 0.0585. The Morgan fingerprint density at radius 1 is 1.43 bits per heavy atom. The fraction of sp³-hybridized carbons (Fsp3) is 0.222. The molecule has 0 spiro atoms. The van der Waals surface area contributed by atoms with Gasteiger partial charge < -0.3 is 0 Å². The molecule has 0 aliphatic carbocycles. The molecule has 0 aliphatic rings. The van der Waals surface area contributed by atoms with Gasteiger partial charge in [-0.2, -0.15) is 0 Å². The second-order valence-corrected chi connectivity index (χ2v) is 5.87. The maximum absolute atomic E-state index is 11.8. The molecule has 0 atom stereocenters. The van der Waals surface area contributed by atoms with Crippen LogP contribution in [0.15, 0.2) is 23.0 Å². The standard InChI is InChI=1S/C9H7Cl2NOSe/c10-3-4-12-9(13)7-5-6(11)1-2-8(7)14-12/h1-2,5H,3-4H2. The molecule has 0 fully saturated rings. The van der Waals surface area contributed by atoms with E-state index in [-0.39, 0.29) is 20.3 Å². The van der Waals surface area contributed by atoms with Crippen LogP contribution in [0.4, 0.5) is 0 Å². The number of aryl methyl sites for hydroxylation is 1. The van der Waals surface area contributed by atoms with Crippen LogP contribution < -0.4 is 5.56 Å². The van der Waals surface area contributed by atoms with Crippen molar-refractivity contribution in [2.24, 2.45) is 0 Å². The van der Waals surface area contributed by atoms with E-state index < -0.39 is 0 Å². The van der Waals surface area contributed by atoms with Crippen molar-refractivity contribution in [3.63, 3.8) is 0 Å². The Bertz CT molecular complexity index is 517. The Balaban J connectivity index is 2.68. The fourth-order valence-electron chi connectivity index (χ4n) is 1.27. The third kappa shape index (κ3) is 1.78. The molecule has 0 radical (unpaired) electrons. The summed E-state index contributed by atoms with van der Waals surface area (Å²) < 4.78 is 2.89. The Morgan fingerprint density at radius 2 is 2.21 bits per heavy atom. The van der Waals surface area contributed by atoms with E-state index >= 15 is 0 Å². The first kappa shape index (κ1) is 10.3. The molecule has 0 amide bonds. The summed E-state index contributed by atoms with van der Waals surface area (Å²) in [6.07, 6.45) is 0. The van der Waals surface area contributed by atoms with E-state index in [0.717, 1.165) is 9.65 Å². The number of benzene rings is 1. The number of rotatable bonds is 2. The summed E-state index contributed by atoms with van der Waals surface area (Å²) >= 11 is 11.5. The van der Waals surface area contributed by atoms with E-state index in [2.05, 4.69) is 0 Å². The van der Waals surface area contributed by atoms with Crippen LogP contribution in [0.2, 0.25) is 5.02 Å². The van der Waals surface area contributed by atoms with Crippen molar-refractivity contribution in [3.05, 3.63) is 33.6 Å². The minimum atomic E-state index is 0.0585. The van der Waals surface area contributed by atoms with Crippen LogP contribution in [0.1, 0.15) is 0 Å². The van der Waals surface area contributed by atoms with Gasteiger partial charge in [0.1, 0.15) is 0 Å². The molecule has 1 heterocycles. The number of fused-ring (bicyclic) bond motifs is 1. The number of hydrogen-bond acceptors (Lipinski definition) is 1. The molecule has 1 aromatic heterocycles. The summed E-state index contributed by atoms with van der Waals surface area (Å²) in [4.78, 5) is 11.8. The van der Waals surface area contributed by atoms with Crippen molar-refractivity contribution < 1.29 is 0 Å². The van der Waals surface area contributed by atoms with Crippen LogP contribution in [0, 0.1) is 0 Å². The summed E-state index contributed by atoms with van der Waals surface area (Å²) in [7, 11) is 0. The number of halogens is 2. The van der Waals surface area contributed by atoms with Gasteiger partial charge in [0, 0.05) is 0 Å². The number of alkyl halides is 1. The van der Waals surface area contributed by atoms with Crippen molar-refractivity contribution in [2.45, 2.75) is 6.54 Å². The number of aromatic nitrogens is 1. The summed E-state index contributed by atoms with van der Waals surface area (Å²) in [6.45, 7) is 0.618. The average molecular weight is 295 g/mol. The van der Waals surface area contributed by atoms with Gasteiger partial charge in [-0.05, 0) is 0 Å². The van der Waals surface area contributed by atoms with Crippen molar-refractivity contribution in [1.29, 1.82) is 0 Å². The van der Waals surface area contributed by atoms with E-state index in [1.165, 1.54) is 0 Å². The molecule has 2 rings (SSSR count). The monoisotopic (exact) mass is 295 g/mol. The van der Waals surface area contributed by atoms with E-state index in [1.807, 2.05) is 12.1 Å². The zero-order chi connectivity index (χ0) is 10.1. The van der Waals surface area contributed by atoms with Gasteiger partial charge in [-0.1, -0.05) is 0 Å². The van der Waals surface area contributed by atoms with Crippen molar-refractivity contribution in [3.8, 4) is 0 Å². The van der Waals surface area contributed by atoms with Crippen LogP contribution >= 0.6 is 23.2 Å². The summed E-state index contributed by atoms with van der Waals surface area (Å²) in [6, 6.07) is 5.47. The van der Waals surface area contributed by atoms with Crippen LogP contribution in [0.25, 0.3) is 9.65 Å². The molecule has 0 saturated heterocycles. The van der Waals surface area contributed by atoms with Gasteiger partial charge in [-0.3, -0.25) is 0 Å². The molecule has 0 unspecified atom stereocenters. The summed E-state index contributed by atoms with van der Waals surface area (Å²) in [5.74, 6) is 0.481. The number of nitrogens with zero attached hydrogens (tertiary/aromatic N) is 1. The predicted octanol–water partition coefficient (Wildman–Crippen LogP) is 1.95. The molecule has 2 nitrogen and oxygen atoms in total. The topological polar surface area (TPSA) is 22.0 Å².